The Bertz CT molecular complexity index is 772. The number of aromatic nitrogens is 2. The van der Waals surface area contributed by atoms with E-state index in [-0.39, 0.29) is 18.0 Å². The summed E-state index contributed by atoms with van der Waals surface area (Å²) in [6.07, 6.45) is 0. The van der Waals surface area contributed by atoms with Gasteiger partial charge in [0.15, 0.2) is 5.96 Å². The van der Waals surface area contributed by atoms with Crippen LogP contribution in [-0.4, -0.2) is 46.6 Å². The van der Waals surface area contributed by atoms with E-state index >= 15 is 0 Å². The minimum Gasteiger partial charge on any atom is -0.357 e. The molecule has 0 aliphatic heterocycles. The van der Waals surface area contributed by atoms with Gasteiger partial charge in [0.1, 0.15) is 12.4 Å². The van der Waals surface area contributed by atoms with Crippen molar-refractivity contribution in [2.24, 2.45) is 4.99 Å². The third-order valence-corrected chi connectivity index (χ3v) is 3.71. The van der Waals surface area contributed by atoms with Gasteiger partial charge in [-0.1, -0.05) is 12.1 Å². The molecule has 26 heavy (non-hydrogen) atoms. The van der Waals surface area contributed by atoms with E-state index < -0.39 is 0 Å². The maximum absolute atomic E-state index is 11.9. The van der Waals surface area contributed by atoms with Crippen molar-refractivity contribution in [2.45, 2.75) is 46.7 Å². The molecule has 2 rings (SSSR count). The van der Waals surface area contributed by atoms with Crippen molar-refractivity contribution in [3.63, 3.8) is 0 Å². The van der Waals surface area contributed by atoms with Crippen LogP contribution in [0.3, 0.4) is 0 Å². The first-order valence-electron chi connectivity index (χ1n) is 9.05. The van der Waals surface area contributed by atoms with Crippen molar-refractivity contribution in [3.05, 3.63) is 30.1 Å². The highest BCUT2D eigenvalue weighted by Gasteiger charge is 2.13. The molecule has 0 saturated carbocycles. The number of hydrogen-bond donors (Lipinski definition) is 3. The second-order valence-electron chi connectivity index (χ2n) is 7.22. The second-order valence-corrected chi connectivity index (χ2v) is 7.22. The molecule has 0 aliphatic rings. The summed E-state index contributed by atoms with van der Waals surface area (Å²) in [6.45, 7) is 12.2. The van der Waals surface area contributed by atoms with Gasteiger partial charge in [-0.05, 0) is 46.8 Å². The predicted octanol–water partition coefficient (Wildman–Crippen LogP) is 1.81. The van der Waals surface area contributed by atoms with Gasteiger partial charge in [0, 0.05) is 25.2 Å². The molecule has 0 aliphatic carbocycles. The Morgan fingerprint density at radius 3 is 2.65 bits per heavy atom. The van der Waals surface area contributed by atoms with Crippen molar-refractivity contribution in [3.8, 4) is 0 Å². The molecular formula is C19H30N6O. The first kappa shape index (κ1) is 19.8. The third-order valence-electron chi connectivity index (χ3n) is 3.71. The number of carbonyl (C=O) groups excluding carboxylic acids is 1. The highest BCUT2D eigenvalue weighted by molar-refractivity contribution is 5.85. The van der Waals surface area contributed by atoms with Gasteiger partial charge >= 0.3 is 0 Å². The smallest absolute Gasteiger partial charge is 0.242 e. The quantitative estimate of drug-likeness (QED) is 0.543. The molecule has 7 nitrogen and oxygen atoms in total. The van der Waals surface area contributed by atoms with Gasteiger partial charge in [-0.15, -0.1) is 0 Å². The Morgan fingerprint density at radius 1 is 1.23 bits per heavy atom. The average molecular weight is 358 g/mol. The lowest BCUT2D eigenvalue weighted by atomic mass is 10.1. The summed E-state index contributed by atoms with van der Waals surface area (Å²) >= 11 is 0. The van der Waals surface area contributed by atoms with Crippen LogP contribution in [0.15, 0.2) is 29.3 Å². The maximum Gasteiger partial charge on any atom is 0.242 e. The fourth-order valence-electron chi connectivity index (χ4n) is 2.71. The van der Waals surface area contributed by atoms with Gasteiger partial charge in [-0.2, -0.15) is 0 Å². The molecule has 1 amide bonds. The summed E-state index contributed by atoms with van der Waals surface area (Å²) in [5.74, 6) is 1.53. The van der Waals surface area contributed by atoms with Crippen LogP contribution in [0.4, 0.5) is 0 Å². The van der Waals surface area contributed by atoms with E-state index in [9.17, 15) is 4.79 Å². The number of guanidine groups is 1. The number of aliphatic imine (C=N–C) groups is 1. The number of imidazole rings is 1. The summed E-state index contributed by atoms with van der Waals surface area (Å²) < 4.78 is 2.18. The summed E-state index contributed by atoms with van der Waals surface area (Å²) in [5, 5.41) is 9.35. The molecule has 3 N–H and O–H groups in total. The van der Waals surface area contributed by atoms with Crippen molar-refractivity contribution >= 4 is 22.9 Å². The lowest BCUT2D eigenvalue weighted by Crippen LogP contribution is -2.43. The van der Waals surface area contributed by atoms with E-state index in [2.05, 4.69) is 36.6 Å². The van der Waals surface area contributed by atoms with Crippen LogP contribution >= 0.6 is 0 Å². The Morgan fingerprint density at radius 2 is 1.96 bits per heavy atom. The highest BCUT2D eigenvalue weighted by atomic mass is 16.2. The van der Waals surface area contributed by atoms with Crippen LogP contribution in [0.1, 0.15) is 33.5 Å². The van der Waals surface area contributed by atoms with Crippen molar-refractivity contribution in [1.29, 1.82) is 0 Å². The normalized spacial score (nSPS) is 12.3. The molecule has 0 radical (unpaired) electrons. The molecule has 0 atom stereocenters. The van der Waals surface area contributed by atoms with Crippen molar-refractivity contribution < 1.29 is 4.79 Å². The van der Waals surface area contributed by atoms with E-state index in [1.807, 2.05) is 52.8 Å². The second kappa shape index (κ2) is 8.69. The molecule has 1 heterocycles. The molecule has 0 fully saturated rings. The molecule has 1 aromatic heterocycles. The highest BCUT2D eigenvalue weighted by Crippen LogP contribution is 2.14. The van der Waals surface area contributed by atoms with E-state index in [4.69, 9.17) is 0 Å². The monoisotopic (exact) mass is 358 g/mol. The zero-order valence-corrected chi connectivity index (χ0v) is 16.4. The molecule has 0 bridgehead atoms. The standard InChI is InChI=1S/C19H30N6O/c1-6-20-18(22-13-17(26)24-19(3,4)5)21-11-12-25-14(2)23-15-9-7-8-10-16(15)25/h7-10H,6,11-13H2,1-5H3,(H,24,26)(H2,20,21,22). The summed E-state index contributed by atoms with van der Waals surface area (Å²) in [6, 6.07) is 8.11. The van der Waals surface area contributed by atoms with Crippen molar-refractivity contribution in [2.75, 3.05) is 19.6 Å². The molecule has 0 spiro atoms. The number of amides is 1. The van der Waals surface area contributed by atoms with Crippen LogP contribution in [-0.2, 0) is 11.3 Å². The summed E-state index contributed by atoms with van der Waals surface area (Å²) in [7, 11) is 0. The lowest BCUT2D eigenvalue weighted by Gasteiger charge is -2.20. The fourth-order valence-corrected chi connectivity index (χ4v) is 2.71. The van der Waals surface area contributed by atoms with Crippen LogP contribution in [0, 0.1) is 6.92 Å². The topological polar surface area (TPSA) is 83.3 Å². The SMILES string of the molecule is CCNC(=NCC(=O)NC(C)(C)C)NCCn1c(C)nc2ccccc21. The molecular weight excluding hydrogens is 328 g/mol. The van der Waals surface area contributed by atoms with Gasteiger partial charge in [-0.25, -0.2) is 9.98 Å². The predicted molar refractivity (Wildman–Crippen MR) is 106 cm³/mol. The van der Waals surface area contributed by atoms with Crippen molar-refractivity contribution in [1.82, 2.24) is 25.5 Å². The van der Waals surface area contributed by atoms with Crippen LogP contribution in [0.2, 0.25) is 0 Å². The van der Waals surface area contributed by atoms with E-state index in [0.717, 1.165) is 29.9 Å². The Labute approximate surface area is 155 Å². The number of nitrogens with one attached hydrogen (secondary N) is 3. The van der Waals surface area contributed by atoms with Crippen LogP contribution < -0.4 is 16.0 Å². The summed E-state index contributed by atoms with van der Waals surface area (Å²) in [5.41, 5.74) is 1.88. The number of rotatable bonds is 6. The molecule has 7 heteroatoms. The molecule has 2 aromatic rings. The third kappa shape index (κ3) is 5.75. The Kier molecular flexibility index (Phi) is 6.60. The molecule has 142 valence electrons. The van der Waals surface area contributed by atoms with E-state index in [1.54, 1.807) is 0 Å². The minimum atomic E-state index is -0.252. The minimum absolute atomic E-state index is 0.0915. The number of carbonyl (C=O) groups is 1. The Hall–Kier alpha value is -2.57. The first-order valence-corrected chi connectivity index (χ1v) is 9.05. The number of para-hydroxylation sites is 2. The number of aryl methyl sites for hydroxylation is 1. The average Bonchev–Trinajstić information content (AvgIpc) is 2.87. The van der Waals surface area contributed by atoms with Crippen LogP contribution in [0.5, 0.6) is 0 Å². The zero-order valence-electron chi connectivity index (χ0n) is 16.4. The number of nitrogens with zero attached hydrogens (tertiary/aromatic N) is 3. The largest absolute Gasteiger partial charge is 0.357 e. The molecule has 0 unspecified atom stereocenters. The molecule has 1 aromatic carbocycles. The number of fused-ring (bicyclic) bond motifs is 1. The first-order chi connectivity index (χ1) is 12.3. The number of benzene rings is 1. The van der Waals surface area contributed by atoms with Gasteiger partial charge in [0.05, 0.1) is 11.0 Å². The van der Waals surface area contributed by atoms with E-state index in [0.29, 0.717) is 12.5 Å². The van der Waals surface area contributed by atoms with E-state index in [1.165, 1.54) is 0 Å². The summed E-state index contributed by atoms with van der Waals surface area (Å²) in [4.78, 5) is 20.9. The van der Waals surface area contributed by atoms with Gasteiger partial charge in [0.25, 0.3) is 0 Å². The van der Waals surface area contributed by atoms with Gasteiger partial charge < -0.3 is 20.5 Å². The lowest BCUT2D eigenvalue weighted by molar-refractivity contribution is -0.121. The fraction of sp³-hybridized carbons (Fsp3) is 0.526. The Balaban J connectivity index is 1.94. The van der Waals surface area contributed by atoms with Gasteiger partial charge in [-0.3, -0.25) is 4.79 Å². The number of hydrogen-bond acceptors (Lipinski definition) is 3. The van der Waals surface area contributed by atoms with Crippen LogP contribution in [0.25, 0.3) is 11.0 Å². The zero-order chi connectivity index (χ0) is 19.2. The molecule has 0 saturated heterocycles. The maximum atomic E-state index is 11.9. The van der Waals surface area contributed by atoms with Gasteiger partial charge in [0.2, 0.25) is 5.91 Å².